The summed E-state index contributed by atoms with van der Waals surface area (Å²) in [7, 11) is 3.51. The van der Waals surface area contributed by atoms with Crippen molar-refractivity contribution in [3.63, 3.8) is 0 Å². The van der Waals surface area contributed by atoms with E-state index in [4.69, 9.17) is 4.52 Å². The standard InChI is InChI=1S/C19H26N4O3/c1-14-20-17(26-21-14)11-19(25)9-6-10-23(13-19)12-15-7-4-5-8-16(15)18(24)22(2)3/h4-5,7-8,25H,6,9-13H2,1-3H3. The third-order valence-corrected chi connectivity index (χ3v) is 4.73. The lowest BCUT2D eigenvalue weighted by molar-refractivity contribution is -0.0373. The van der Waals surface area contributed by atoms with E-state index in [9.17, 15) is 9.90 Å². The maximum atomic E-state index is 12.4. The average molecular weight is 358 g/mol. The van der Waals surface area contributed by atoms with Crippen molar-refractivity contribution in [2.75, 3.05) is 27.2 Å². The van der Waals surface area contributed by atoms with E-state index in [1.807, 2.05) is 24.3 Å². The minimum absolute atomic E-state index is 0.00536. The Morgan fingerprint density at radius 1 is 1.38 bits per heavy atom. The Kier molecular flexibility index (Phi) is 5.38. The summed E-state index contributed by atoms with van der Waals surface area (Å²) in [6.07, 6.45) is 1.93. The molecule has 7 nitrogen and oxygen atoms in total. The molecular weight excluding hydrogens is 332 g/mol. The predicted octanol–water partition coefficient (Wildman–Crippen LogP) is 1.65. The summed E-state index contributed by atoms with van der Waals surface area (Å²) in [5.74, 6) is 1.04. The maximum Gasteiger partial charge on any atom is 0.253 e. The van der Waals surface area contributed by atoms with E-state index in [0.717, 1.165) is 18.5 Å². The van der Waals surface area contributed by atoms with E-state index in [2.05, 4.69) is 15.0 Å². The number of hydrogen-bond acceptors (Lipinski definition) is 6. The van der Waals surface area contributed by atoms with Crippen LogP contribution in [0.2, 0.25) is 0 Å². The summed E-state index contributed by atoms with van der Waals surface area (Å²) in [5.41, 5.74) is 0.792. The predicted molar refractivity (Wildman–Crippen MR) is 96.7 cm³/mol. The molecule has 0 spiro atoms. The van der Waals surface area contributed by atoms with Crippen LogP contribution >= 0.6 is 0 Å². The first-order chi connectivity index (χ1) is 12.4. The zero-order chi connectivity index (χ0) is 18.7. The van der Waals surface area contributed by atoms with E-state index in [-0.39, 0.29) is 5.91 Å². The van der Waals surface area contributed by atoms with E-state index < -0.39 is 5.60 Å². The number of aromatic nitrogens is 2. The van der Waals surface area contributed by atoms with Gasteiger partial charge in [0.2, 0.25) is 5.89 Å². The number of amides is 1. The fraction of sp³-hybridized carbons (Fsp3) is 0.526. The molecule has 1 aromatic heterocycles. The van der Waals surface area contributed by atoms with Gasteiger partial charge in [-0.3, -0.25) is 9.69 Å². The number of aryl methyl sites for hydroxylation is 1. The third kappa shape index (κ3) is 4.28. The first-order valence-electron chi connectivity index (χ1n) is 8.90. The molecule has 1 aliphatic rings. The molecule has 1 atom stereocenters. The minimum Gasteiger partial charge on any atom is -0.388 e. The molecular formula is C19H26N4O3. The maximum absolute atomic E-state index is 12.4. The highest BCUT2D eigenvalue weighted by Crippen LogP contribution is 2.26. The van der Waals surface area contributed by atoms with E-state index >= 15 is 0 Å². The lowest BCUT2D eigenvalue weighted by atomic mass is 9.89. The average Bonchev–Trinajstić information content (AvgIpc) is 2.98. The van der Waals surface area contributed by atoms with Gasteiger partial charge in [-0.2, -0.15) is 4.98 Å². The molecule has 26 heavy (non-hydrogen) atoms. The van der Waals surface area contributed by atoms with E-state index in [1.165, 1.54) is 0 Å². The van der Waals surface area contributed by atoms with Crippen molar-refractivity contribution in [1.82, 2.24) is 19.9 Å². The second-order valence-electron chi connectivity index (χ2n) is 7.31. The Morgan fingerprint density at radius 3 is 2.85 bits per heavy atom. The normalized spacial score (nSPS) is 20.9. The number of piperidine rings is 1. The number of hydrogen-bond donors (Lipinski definition) is 1. The lowest BCUT2D eigenvalue weighted by Crippen LogP contribution is -2.49. The molecule has 0 saturated carbocycles. The SMILES string of the molecule is Cc1noc(CC2(O)CCCN(Cc3ccccc3C(=O)N(C)C)C2)n1. The number of rotatable bonds is 5. The van der Waals surface area contributed by atoms with Gasteiger partial charge in [-0.1, -0.05) is 23.4 Å². The zero-order valence-electron chi connectivity index (χ0n) is 15.6. The van der Waals surface area contributed by atoms with Crippen molar-refractivity contribution in [1.29, 1.82) is 0 Å². The number of nitrogens with zero attached hydrogens (tertiary/aromatic N) is 4. The number of benzene rings is 1. The summed E-state index contributed by atoms with van der Waals surface area (Å²) in [6, 6.07) is 7.66. The van der Waals surface area contributed by atoms with Crippen LogP contribution < -0.4 is 0 Å². The zero-order valence-corrected chi connectivity index (χ0v) is 15.6. The number of aliphatic hydroxyl groups is 1. The molecule has 1 saturated heterocycles. The van der Waals surface area contributed by atoms with Crippen LogP contribution in [0.15, 0.2) is 28.8 Å². The number of carbonyl (C=O) groups excluding carboxylic acids is 1. The molecule has 0 bridgehead atoms. The Bertz CT molecular complexity index is 774. The van der Waals surface area contributed by atoms with Crippen LogP contribution in [0.4, 0.5) is 0 Å². The second kappa shape index (κ2) is 7.55. The highest BCUT2D eigenvalue weighted by atomic mass is 16.5. The quantitative estimate of drug-likeness (QED) is 0.875. The van der Waals surface area contributed by atoms with Crippen LogP contribution in [-0.2, 0) is 13.0 Å². The molecule has 1 aliphatic heterocycles. The Morgan fingerprint density at radius 2 is 2.15 bits per heavy atom. The van der Waals surface area contributed by atoms with Crippen molar-refractivity contribution in [3.8, 4) is 0 Å². The Balaban J connectivity index is 1.72. The van der Waals surface area contributed by atoms with Gasteiger partial charge in [0.1, 0.15) is 0 Å². The monoisotopic (exact) mass is 358 g/mol. The van der Waals surface area contributed by atoms with Crippen molar-refractivity contribution in [2.24, 2.45) is 0 Å². The molecule has 1 unspecified atom stereocenters. The van der Waals surface area contributed by atoms with Crippen LogP contribution in [0.5, 0.6) is 0 Å². The van der Waals surface area contributed by atoms with Crippen LogP contribution in [-0.4, -0.2) is 63.7 Å². The van der Waals surface area contributed by atoms with Gasteiger partial charge in [-0.15, -0.1) is 0 Å². The van der Waals surface area contributed by atoms with Gasteiger partial charge in [0, 0.05) is 32.7 Å². The first-order valence-corrected chi connectivity index (χ1v) is 8.90. The topological polar surface area (TPSA) is 82.7 Å². The summed E-state index contributed by atoms with van der Waals surface area (Å²) in [5, 5.41) is 14.8. The summed E-state index contributed by atoms with van der Waals surface area (Å²) < 4.78 is 5.17. The summed E-state index contributed by atoms with van der Waals surface area (Å²) in [4.78, 5) is 20.4. The van der Waals surface area contributed by atoms with Crippen molar-refractivity contribution >= 4 is 5.91 Å². The Labute approximate surface area is 153 Å². The van der Waals surface area contributed by atoms with E-state index in [1.54, 1.807) is 25.9 Å². The van der Waals surface area contributed by atoms with Crippen LogP contribution in [0.25, 0.3) is 0 Å². The van der Waals surface area contributed by atoms with Gasteiger partial charge < -0.3 is 14.5 Å². The molecule has 1 fully saturated rings. The number of likely N-dealkylation sites (tertiary alicyclic amines) is 1. The Hall–Kier alpha value is -2.25. The van der Waals surface area contributed by atoms with Crippen LogP contribution in [0.3, 0.4) is 0 Å². The molecule has 140 valence electrons. The summed E-state index contributed by atoms with van der Waals surface area (Å²) in [6.45, 7) is 3.79. The van der Waals surface area contributed by atoms with Gasteiger partial charge in [0.05, 0.1) is 12.0 Å². The van der Waals surface area contributed by atoms with Crippen molar-refractivity contribution in [3.05, 3.63) is 47.1 Å². The fourth-order valence-corrected chi connectivity index (χ4v) is 3.53. The van der Waals surface area contributed by atoms with Gasteiger partial charge in [-0.25, -0.2) is 0 Å². The minimum atomic E-state index is -0.891. The first kappa shape index (κ1) is 18.5. The molecule has 0 aliphatic carbocycles. The fourth-order valence-electron chi connectivity index (χ4n) is 3.53. The van der Waals surface area contributed by atoms with Gasteiger partial charge in [0.15, 0.2) is 5.82 Å². The van der Waals surface area contributed by atoms with Crippen molar-refractivity contribution in [2.45, 2.75) is 38.3 Å². The highest BCUT2D eigenvalue weighted by molar-refractivity contribution is 5.95. The van der Waals surface area contributed by atoms with Gasteiger partial charge >= 0.3 is 0 Å². The van der Waals surface area contributed by atoms with Gasteiger partial charge in [0.25, 0.3) is 5.91 Å². The molecule has 3 rings (SSSR count). The summed E-state index contributed by atoms with van der Waals surface area (Å²) >= 11 is 0. The molecule has 1 aromatic carbocycles. The van der Waals surface area contributed by atoms with Crippen molar-refractivity contribution < 1.29 is 14.4 Å². The molecule has 0 radical (unpaired) electrons. The smallest absolute Gasteiger partial charge is 0.253 e. The third-order valence-electron chi connectivity index (χ3n) is 4.73. The molecule has 2 aromatic rings. The molecule has 1 amide bonds. The highest BCUT2D eigenvalue weighted by Gasteiger charge is 2.35. The van der Waals surface area contributed by atoms with Crippen LogP contribution in [0.1, 0.15) is 40.5 Å². The molecule has 2 heterocycles. The molecule has 1 N–H and O–H groups in total. The second-order valence-corrected chi connectivity index (χ2v) is 7.31. The van der Waals surface area contributed by atoms with Crippen LogP contribution in [0, 0.1) is 6.92 Å². The molecule has 7 heteroatoms. The van der Waals surface area contributed by atoms with E-state index in [0.29, 0.717) is 43.2 Å². The number of β-amino-alcohol motifs (C(OH)–C–C–N with tert-alkyl or cyclic N) is 1. The largest absolute Gasteiger partial charge is 0.388 e. The lowest BCUT2D eigenvalue weighted by Gasteiger charge is -2.38. The van der Waals surface area contributed by atoms with Gasteiger partial charge in [-0.05, 0) is 37.9 Å². The number of carbonyl (C=O) groups is 1.